The second-order valence-corrected chi connectivity index (χ2v) is 6.67. The van der Waals surface area contributed by atoms with E-state index in [1.54, 1.807) is 13.0 Å². The minimum atomic E-state index is -1.10. The molecule has 0 saturated carbocycles. The molecule has 1 aromatic heterocycles. The molecule has 1 aromatic carbocycles. The van der Waals surface area contributed by atoms with Crippen LogP contribution in [-0.2, 0) is 9.53 Å². The van der Waals surface area contributed by atoms with Crippen molar-refractivity contribution in [2.24, 2.45) is 0 Å². The number of carbonyl (C=O) groups is 2. The van der Waals surface area contributed by atoms with Crippen LogP contribution in [0.4, 0.5) is 0 Å². The normalized spacial score (nSPS) is 13.0. The third-order valence-electron chi connectivity index (χ3n) is 3.59. The van der Waals surface area contributed by atoms with Gasteiger partial charge in [0, 0.05) is 24.0 Å². The maximum Gasteiger partial charge on any atom is 0.326 e. The van der Waals surface area contributed by atoms with E-state index in [2.05, 4.69) is 5.32 Å². The van der Waals surface area contributed by atoms with Crippen molar-refractivity contribution in [3.63, 3.8) is 0 Å². The number of benzene rings is 1. The van der Waals surface area contributed by atoms with Crippen molar-refractivity contribution in [3.05, 3.63) is 35.6 Å². The van der Waals surface area contributed by atoms with Crippen LogP contribution in [0.15, 0.2) is 28.7 Å². The minimum absolute atomic E-state index is 0.138. The number of carboxylic acids is 1. The number of amides is 1. The molecule has 1 atom stereocenters. The zero-order valence-electron chi connectivity index (χ0n) is 14.4. The maximum absolute atomic E-state index is 12.4. The van der Waals surface area contributed by atoms with E-state index in [-0.39, 0.29) is 24.4 Å². The SMILES string of the molecule is Cc1c(C(=O)NC(CCOC(C)(C)C)C(=O)O)oc2ccccc12. The van der Waals surface area contributed by atoms with E-state index in [9.17, 15) is 14.7 Å². The van der Waals surface area contributed by atoms with Gasteiger partial charge in [0.2, 0.25) is 0 Å². The van der Waals surface area contributed by atoms with Crippen LogP contribution in [-0.4, -0.2) is 35.2 Å². The van der Waals surface area contributed by atoms with Crippen LogP contribution in [0.2, 0.25) is 0 Å². The summed E-state index contributed by atoms with van der Waals surface area (Å²) in [6, 6.07) is 6.27. The highest BCUT2D eigenvalue weighted by Crippen LogP contribution is 2.24. The average Bonchev–Trinajstić information content (AvgIpc) is 2.82. The number of para-hydroxylation sites is 1. The van der Waals surface area contributed by atoms with Crippen molar-refractivity contribution in [1.29, 1.82) is 0 Å². The van der Waals surface area contributed by atoms with Gasteiger partial charge in [-0.2, -0.15) is 0 Å². The van der Waals surface area contributed by atoms with Gasteiger partial charge in [0.1, 0.15) is 11.6 Å². The molecule has 2 rings (SSSR count). The van der Waals surface area contributed by atoms with Gasteiger partial charge >= 0.3 is 5.97 Å². The number of hydrogen-bond acceptors (Lipinski definition) is 4. The lowest BCUT2D eigenvalue weighted by molar-refractivity contribution is -0.140. The fourth-order valence-electron chi connectivity index (χ4n) is 2.36. The molecule has 0 aliphatic heterocycles. The van der Waals surface area contributed by atoms with Crippen molar-refractivity contribution in [2.75, 3.05) is 6.61 Å². The number of furan rings is 1. The lowest BCUT2D eigenvalue weighted by Gasteiger charge is -2.21. The van der Waals surface area contributed by atoms with Crippen molar-refractivity contribution >= 4 is 22.8 Å². The maximum atomic E-state index is 12.4. The first-order chi connectivity index (χ1) is 11.2. The van der Waals surface area contributed by atoms with Crippen molar-refractivity contribution in [3.8, 4) is 0 Å². The van der Waals surface area contributed by atoms with E-state index in [0.717, 1.165) is 5.39 Å². The van der Waals surface area contributed by atoms with Crippen LogP contribution in [0.1, 0.15) is 43.3 Å². The second kappa shape index (κ2) is 7.05. The van der Waals surface area contributed by atoms with Gasteiger partial charge < -0.3 is 19.6 Å². The Hall–Kier alpha value is -2.34. The average molecular weight is 333 g/mol. The molecule has 0 spiro atoms. The molecule has 2 aromatic rings. The molecule has 24 heavy (non-hydrogen) atoms. The molecule has 1 heterocycles. The lowest BCUT2D eigenvalue weighted by Crippen LogP contribution is -2.42. The molecule has 130 valence electrons. The lowest BCUT2D eigenvalue weighted by atomic mass is 10.1. The first-order valence-corrected chi connectivity index (χ1v) is 7.85. The molecule has 6 heteroatoms. The molecule has 1 amide bonds. The largest absolute Gasteiger partial charge is 0.480 e. The van der Waals surface area contributed by atoms with Crippen molar-refractivity contribution < 1.29 is 23.8 Å². The van der Waals surface area contributed by atoms with Gasteiger partial charge in [0.05, 0.1) is 5.60 Å². The van der Waals surface area contributed by atoms with E-state index in [1.165, 1.54) is 0 Å². The van der Waals surface area contributed by atoms with E-state index >= 15 is 0 Å². The Morgan fingerprint density at radius 1 is 1.29 bits per heavy atom. The molecular formula is C18H23NO5. The zero-order chi connectivity index (χ0) is 17.9. The van der Waals surface area contributed by atoms with Gasteiger partial charge in [-0.25, -0.2) is 4.79 Å². The molecule has 0 bridgehead atoms. The summed E-state index contributed by atoms with van der Waals surface area (Å²) < 4.78 is 11.1. The van der Waals surface area contributed by atoms with Gasteiger partial charge in [0.15, 0.2) is 5.76 Å². The van der Waals surface area contributed by atoms with Crippen LogP contribution < -0.4 is 5.32 Å². The smallest absolute Gasteiger partial charge is 0.326 e. The Bertz CT molecular complexity index is 741. The number of rotatable bonds is 6. The summed E-state index contributed by atoms with van der Waals surface area (Å²) >= 11 is 0. The van der Waals surface area contributed by atoms with E-state index in [1.807, 2.05) is 39.0 Å². The summed E-state index contributed by atoms with van der Waals surface area (Å²) in [4.78, 5) is 23.8. The number of fused-ring (bicyclic) bond motifs is 1. The van der Waals surface area contributed by atoms with Gasteiger partial charge in [0.25, 0.3) is 5.91 Å². The Labute approximate surface area is 140 Å². The summed E-state index contributed by atoms with van der Waals surface area (Å²) in [7, 11) is 0. The Kier molecular flexibility index (Phi) is 5.29. The first-order valence-electron chi connectivity index (χ1n) is 7.85. The molecule has 2 N–H and O–H groups in total. The van der Waals surface area contributed by atoms with Crippen LogP contribution >= 0.6 is 0 Å². The quantitative estimate of drug-likeness (QED) is 0.848. The number of carbonyl (C=O) groups excluding carboxylic acids is 1. The first kappa shape index (κ1) is 18.0. The molecule has 0 radical (unpaired) electrons. The number of aliphatic carboxylic acids is 1. The summed E-state index contributed by atoms with van der Waals surface area (Å²) in [6.45, 7) is 7.68. The van der Waals surface area contributed by atoms with Gasteiger partial charge in [-0.3, -0.25) is 4.79 Å². The third kappa shape index (κ3) is 4.35. The third-order valence-corrected chi connectivity index (χ3v) is 3.59. The molecule has 0 saturated heterocycles. The highest BCUT2D eigenvalue weighted by atomic mass is 16.5. The molecular weight excluding hydrogens is 310 g/mol. The summed E-state index contributed by atoms with van der Waals surface area (Å²) in [6.07, 6.45) is 0.178. The Morgan fingerprint density at radius 2 is 1.96 bits per heavy atom. The van der Waals surface area contributed by atoms with E-state index in [0.29, 0.717) is 11.1 Å². The zero-order valence-corrected chi connectivity index (χ0v) is 14.4. The van der Waals surface area contributed by atoms with Crippen LogP contribution in [0.3, 0.4) is 0 Å². The van der Waals surface area contributed by atoms with Gasteiger partial charge in [-0.1, -0.05) is 18.2 Å². The molecule has 1 unspecified atom stereocenters. The highest BCUT2D eigenvalue weighted by Gasteiger charge is 2.25. The summed E-state index contributed by atoms with van der Waals surface area (Å²) in [5.41, 5.74) is 0.934. The summed E-state index contributed by atoms with van der Waals surface area (Å²) in [5.74, 6) is -1.50. The van der Waals surface area contributed by atoms with Crippen molar-refractivity contribution in [1.82, 2.24) is 5.32 Å². The predicted octanol–water partition coefficient (Wildman–Crippen LogP) is 3.13. The Morgan fingerprint density at radius 3 is 2.54 bits per heavy atom. The highest BCUT2D eigenvalue weighted by molar-refractivity contribution is 6.00. The topological polar surface area (TPSA) is 88.8 Å². The molecule has 0 aliphatic carbocycles. The number of aryl methyl sites for hydroxylation is 1. The van der Waals surface area contributed by atoms with Gasteiger partial charge in [-0.15, -0.1) is 0 Å². The standard InChI is InChI=1S/C18H23NO5/c1-11-12-7-5-6-8-14(12)24-15(11)16(20)19-13(17(21)22)9-10-23-18(2,3)4/h5-8,13H,9-10H2,1-4H3,(H,19,20)(H,21,22). The second-order valence-electron chi connectivity index (χ2n) is 6.67. The number of nitrogens with one attached hydrogen (secondary N) is 1. The van der Waals surface area contributed by atoms with Gasteiger partial charge in [-0.05, 0) is 33.8 Å². The fourth-order valence-corrected chi connectivity index (χ4v) is 2.36. The number of hydrogen-bond donors (Lipinski definition) is 2. The minimum Gasteiger partial charge on any atom is -0.480 e. The van der Waals surface area contributed by atoms with E-state index in [4.69, 9.17) is 9.15 Å². The number of carboxylic acid groups (broad SMARTS) is 1. The summed E-state index contributed by atoms with van der Waals surface area (Å²) in [5, 5.41) is 12.7. The van der Waals surface area contributed by atoms with Crippen LogP contribution in [0, 0.1) is 6.92 Å². The predicted molar refractivity (Wildman–Crippen MR) is 90.2 cm³/mol. The number of ether oxygens (including phenoxy) is 1. The van der Waals surface area contributed by atoms with Crippen molar-refractivity contribution in [2.45, 2.75) is 45.8 Å². The Balaban J connectivity index is 2.09. The molecule has 0 fully saturated rings. The van der Waals surface area contributed by atoms with Crippen LogP contribution in [0.25, 0.3) is 11.0 Å². The monoisotopic (exact) mass is 333 g/mol. The fraction of sp³-hybridized carbons (Fsp3) is 0.444. The van der Waals surface area contributed by atoms with Crippen LogP contribution in [0.5, 0.6) is 0 Å². The molecule has 0 aliphatic rings. The van der Waals surface area contributed by atoms with E-state index < -0.39 is 17.9 Å². The molecule has 6 nitrogen and oxygen atoms in total.